The number of para-hydroxylation sites is 2. The van der Waals surface area contributed by atoms with E-state index in [-0.39, 0.29) is 40.8 Å². The van der Waals surface area contributed by atoms with Crippen molar-refractivity contribution in [2.45, 2.75) is 26.4 Å². The first kappa shape index (κ1) is 21.6. The van der Waals surface area contributed by atoms with Gasteiger partial charge in [-0.05, 0) is 36.2 Å². The number of rotatable bonds is 5. The lowest BCUT2D eigenvalue weighted by Gasteiger charge is -2.12. The van der Waals surface area contributed by atoms with Crippen LogP contribution < -0.4 is 5.73 Å². The highest BCUT2D eigenvalue weighted by molar-refractivity contribution is 6.09. The first-order valence-electron chi connectivity index (χ1n) is 10.1. The Kier molecular flexibility index (Phi) is 5.50. The fourth-order valence-electron chi connectivity index (χ4n) is 3.35. The number of fused-ring (bicyclic) bond motifs is 2. The second-order valence-electron chi connectivity index (χ2n) is 7.64. The molecule has 4 rings (SSSR count). The van der Waals surface area contributed by atoms with Gasteiger partial charge in [-0.3, -0.25) is 4.57 Å². The lowest BCUT2D eigenvalue weighted by atomic mass is 10.1. The Hall–Kier alpha value is -3.62. The van der Waals surface area contributed by atoms with Crippen molar-refractivity contribution < 1.29 is 22.7 Å². The maximum atomic E-state index is 13.3. The molecule has 166 valence electrons. The number of nitrogens with zero attached hydrogens (tertiary/aromatic N) is 3. The number of carbonyl (C=O) groups is 1. The second kappa shape index (κ2) is 8.14. The van der Waals surface area contributed by atoms with Crippen molar-refractivity contribution >= 4 is 34.0 Å². The summed E-state index contributed by atoms with van der Waals surface area (Å²) in [6.07, 6.45) is -3.72. The van der Waals surface area contributed by atoms with Crippen LogP contribution in [0.1, 0.15) is 36.2 Å². The molecule has 9 heteroatoms. The quantitative estimate of drug-likeness (QED) is 0.420. The average Bonchev–Trinajstić information content (AvgIpc) is 3.05. The van der Waals surface area contributed by atoms with Crippen LogP contribution in [0.3, 0.4) is 0 Å². The minimum atomic E-state index is -4.54. The molecule has 0 aliphatic heterocycles. The van der Waals surface area contributed by atoms with Gasteiger partial charge in [0.15, 0.2) is 5.65 Å². The predicted molar refractivity (Wildman–Crippen MR) is 116 cm³/mol. The lowest BCUT2D eigenvalue weighted by Crippen LogP contribution is -2.13. The van der Waals surface area contributed by atoms with E-state index in [0.29, 0.717) is 11.0 Å². The van der Waals surface area contributed by atoms with E-state index in [9.17, 15) is 18.0 Å². The number of aromatic nitrogens is 3. The van der Waals surface area contributed by atoms with Gasteiger partial charge in [0.05, 0.1) is 23.2 Å². The first-order valence-corrected chi connectivity index (χ1v) is 10.1. The molecular formula is C23H21F3N4O2. The Labute approximate surface area is 181 Å². The van der Waals surface area contributed by atoms with Crippen molar-refractivity contribution in [3.8, 4) is 5.69 Å². The van der Waals surface area contributed by atoms with Crippen LogP contribution in [0.4, 0.5) is 19.0 Å². The Bertz CT molecular complexity index is 1310. The summed E-state index contributed by atoms with van der Waals surface area (Å²) in [7, 11) is 0. The van der Waals surface area contributed by atoms with Gasteiger partial charge in [-0.2, -0.15) is 13.2 Å². The van der Waals surface area contributed by atoms with E-state index in [0.717, 1.165) is 18.6 Å². The Balaban J connectivity index is 1.96. The molecule has 2 aromatic heterocycles. The van der Waals surface area contributed by atoms with Crippen LogP contribution in [0.2, 0.25) is 0 Å². The number of carbonyl (C=O) groups excluding carboxylic acids is 1. The third-order valence-electron chi connectivity index (χ3n) is 5.33. The van der Waals surface area contributed by atoms with Gasteiger partial charge in [0.25, 0.3) is 0 Å². The van der Waals surface area contributed by atoms with Crippen molar-refractivity contribution in [1.82, 2.24) is 14.5 Å². The smallest absolute Gasteiger partial charge is 0.416 e. The van der Waals surface area contributed by atoms with E-state index in [2.05, 4.69) is 9.97 Å². The van der Waals surface area contributed by atoms with Crippen molar-refractivity contribution in [2.24, 2.45) is 5.92 Å². The summed E-state index contributed by atoms with van der Waals surface area (Å²) in [5, 5.41) is 0. The average molecular weight is 442 g/mol. The van der Waals surface area contributed by atoms with E-state index in [1.165, 1.54) is 16.7 Å². The van der Waals surface area contributed by atoms with E-state index in [1.54, 1.807) is 24.3 Å². The van der Waals surface area contributed by atoms with Crippen LogP contribution in [0.25, 0.3) is 27.9 Å². The molecule has 0 unspecified atom stereocenters. The number of halogens is 3. The molecule has 6 nitrogen and oxygen atoms in total. The van der Waals surface area contributed by atoms with Crippen molar-refractivity contribution in [3.63, 3.8) is 0 Å². The fourth-order valence-corrected chi connectivity index (χ4v) is 3.35. The largest absolute Gasteiger partial charge is 0.462 e. The molecule has 0 radical (unpaired) electrons. The van der Waals surface area contributed by atoms with Crippen LogP contribution in [0.5, 0.6) is 0 Å². The number of benzene rings is 2. The molecule has 0 amide bonds. The molecular weight excluding hydrogens is 421 g/mol. The van der Waals surface area contributed by atoms with E-state index >= 15 is 0 Å². The van der Waals surface area contributed by atoms with Gasteiger partial charge in [-0.25, -0.2) is 14.8 Å². The van der Waals surface area contributed by atoms with Gasteiger partial charge in [-0.15, -0.1) is 0 Å². The van der Waals surface area contributed by atoms with Gasteiger partial charge in [0.1, 0.15) is 16.9 Å². The first-order chi connectivity index (χ1) is 15.2. The van der Waals surface area contributed by atoms with Gasteiger partial charge in [-0.1, -0.05) is 38.5 Å². The highest BCUT2D eigenvalue weighted by atomic mass is 19.4. The van der Waals surface area contributed by atoms with Crippen LogP contribution in [-0.4, -0.2) is 27.1 Å². The Morgan fingerprint density at radius 1 is 1.12 bits per heavy atom. The maximum Gasteiger partial charge on any atom is 0.416 e. The molecule has 0 saturated carbocycles. The monoisotopic (exact) mass is 442 g/mol. The summed E-state index contributed by atoms with van der Waals surface area (Å²) < 4.78 is 46.7. The molecule has 0 saturated heterocycles. The number of ether oxygens (including phenoxy) is 1. The lowest BCUT2D eigenvalue weighted by molar-refractivity contribution is -0.137. The Morgan fingerprint density at radius 3 is 2.47 bits per heavy atom. The maximum absolute atomic E-state index is 13.3. The molecule has 2 heterocycles. The zero-order chi connectivity index (χ0) is 23.0. The molecule has 2 aromatic carbocycles. The molecule has 0 spiro atoms. The molecule has 2 N–H and O–H groups in total. The molecule has 4 aromatic rings. The van der Waals surface area contributed by atoms with Crippen LogP contribution in [-0.2, 0) is 10.9 Å². The fraction of sp³-hybridized carbons (Fsp3) is 0.261. The minimum absolute atomic E-state index is 0.0148. The van der Waals surface area contributed by atoms with Gasteiger partial charge in [0, 0.05) is 5.69 Å². The van der Waals surface area contributed by atoms with Crippen molar-refractivity contribution in [1.29, 1.82) is 0 Å². The van der Waals surface area contributed by atoms with Crippen LogP contribution in [0.15, 0.2) is 48.5 Å². The van der Waals surface area contributed by atoms with E-state index in [1.807, 2.05) is 13.8 Å². The van der Waals surface area contributed by atoms with Gasteiger partial charge < -0.3 is 10.5 Å². The number of nitrogen functional groups attached to an aromatic ring is 1. The predicted octanol–water partition coefficient (Wildman–Crippen LogP) is 5.38. The summed E-state index contributed by atoms with van der Waals surface area (Å²) in [4.78, 5) is 22.0. The number of alkyl halides is 3. The van der Waals surface area contributed by atoms with E-state index in [4.69, 9.17) is 10.5 Å². The highest BCUT2D eigenvalue weighted by Crippen LogP contribution is 2.35. The SMILES string of the molecule is CC[C@H](C)COC(=O)c1c(N)n(-c2cccc(C(F)(F)F)c2)c2nc3ccccc3nc12. The summed E-state index contributed by atoms with van der Waals surface area (Å²) >= 11 is 0. The number of esters is 1. The number of anilines is 1. The third-order valence-corrected chi connectivity index (χ3v) is 5.33. The standard InChI is InChI=1S/C23H21F3N4O2/c1-3-13(2)12-32-22(31)18-19-21(29-17-10-5-4-9-16(17)28-19)30(20(18)27)15-8-6-7-14(11-15)23(24,25)26/h4-11,13H,3,12,27H2,1-2H3/t13-/m0/s1. The third kappa shape index (κ3) is 3.86. The zero-order valence-corrected chi connectivity index (χ0v) is 17.5. The van der Waals surface area contributed by atoms with E-state index < -0.39 is 17.7 Å². The van der Waals surface area contributed by atoms with Crippen molar-refractivity contribution in [2.75, 3.05) is 12.3 Å². The number of hydrogen-bond acceptors (Lipinski definition) is 5. The summed E-state index contributed by atoms with van der Waals surface area (Å²) in [6, 6.07) is 11.7. The van der Waals surface area contributed by atoms with Crippen molar-refractivity contribution in [3.05, 3.63) is 59.7 Å². The molecule has 0 aliphatic carbocycles. The number of hydrogen-bond donors (Lipinski definition) is 1. The topological polar surface area (TPSA) is 83.0 Å². The molecule has 0 bridgehead atoms. The number of nitrogens with two attached hydrogens (primary N) is 1. The van der Waals surface area contributed by atoms with Gasteiger partial charge >= 0.3 is 12.1 Å². The summed E-state index contributed by atoms with van der Waals surface area (Å²) in [5.74, 6) is -0.629. The molecule has 0 fully saturated rings. The Morgan fingerprint density at radius 2 is 1.81 bits per heavy atom. The van der Waals surface area contributed by atoms with Gasteiger partial charge in [0.2, 0.25) is 0 Å². The molecule has 0 aliphatic rings. The summed E-state index contributed by atoms with van der Waals surface area (Å²) in [5.41, 5.74) is 6.97. The molecule has 32 heavy (non-hydrogen) atoms. The highest BCUT2D eigenvalue weighted by Gasteiger charge is 2.32. The van der Waals surface area contributed by atoms with Crippen LogP contribution in [0, 0.1) is 5.92 Å². The van der Waals surface area contributed by atoms with Crippen LogP contribution >= 0.6 is 0 Å². The normalized spacial score (nSPS) is 12.9. The zero-order valence-electron chi connectivity index (χ0n) is 17.5. The summed E-state index contributed by atoms with van der Waals surface area (Å²) in [6.45, 7) is 4.10. The molecule has 1 atom stereocenters. The second-order valence-corrected chi connectivity index (χ2v) is 7.64. The minimum Gasteiger partial charge on any atom is -0.462 e.